The van der Waals surface area contributed by atoms with Crippen molar-refractivity contribution in [2.45, 2.75) is 85.7 Å². The predicted octanol–water partition coefficient (Wildman–Crippen LogP) is 6.56. The lowest BCUT2D eigenvalue weighted by Gasteiger charge is -2.28. The average Bonchev–Trinajstić information content (AvgIpc) is 2.73. The second-order valence-electron chi connectivity index (χ2n) is 9.81. The van der Waals surface area contributed by atoms with E-state index in [1.165, 1.54) is 5.57 Å². The number of allylic oxidation sites excluding steroid dienone is 1. The SMILES string of the molecule is CC1=CCC(C=Cc2ccccn2)OC(=O)CCC(C)(C)C(=O)C(C)CC(C)CCC1. The summed E-state index contributed by atoms with van der Waals surface area (Å²) in [6.07, 6.45) is 13.0. The third-order valence-corrected chi connectivity index (χ3v) is 6.24. The van der Waals surface area contributed by atoms with Crippen molar-refractivity contribution < 1.29 is 14.3 Å². The van der Waals surface area contributed by atoms with Crippen LogP contribution in [0.25, 0.3) is 6.08 Å². The Bertz CT molecular complexity index is 779. The molecule has 4 heteroatoms. The maximum atomic E-state index is 13.0. The van der Waals surface area contributed by atoms with Gasteiger partial charge in [-0.25, -0.2) is 0 Å². The fraction of sp³-hybridized carbons (Fsp3) is 0.593. The van der Waals surface area contributed by atoms with Crippen molar-refractivity contribution in [3.05, 3.63) is 47.8 Å². The molecule has 0 N–H and O–H groups in total. The average molecular weight is 426 g/mol. The highest BCUT2D eigenvalue weighted by atomic mass is 16.5. The number of rotatable bonds is 2. The summed E-state index contributed by atoms with van der Waals surface area (Å²) in [5.41, 5.74) is 1.63. The Labute approximate surface area is 188 Å². The summed E-state index contributed by atoms with van der Waals surface area (Å²) in [6, 6.07) is 5.73. The van der Waals surface area contributed by atoms with Gasteiger partial charge in [0.1, 0.15) is 11.9 Å². The first-order valence-corrected chi connectivity index (χ1v) is 11.7. The number of esters is 1. The smallest absolute Gasteiger partial charge is 0.306 e. The normalized spacial score (nSPS) is 27.0. The summed E-state index contributed by atoms with van der Waals surface area (Å²) in [6.45, 7) is 10.3. The number of ether oxygens (including phenoxy) is 1. The highest BCUT2D eigenvalue weighted by molar-refractivity contribution is 5.86. The lowest BCUT2D eigenvalue weighted by Crippen LogP contribution is -2.31. The molecule has 0 bridgehead atoms. The van der Waals surface area contributed by atoms with Crippen LogP contribution >= 0.6 is 0 Å². The number of nitrogens with zero attached hydrogens (tertiary/aromatic N) is 1. The summed E-state index contributed by atoms with van der Waals surface area (Å²) < 4.78 is 5.78. The summed E-state index contributed by atoms with van der Waals surface area (Å²) in [5.74, 6) is 0.534. The Hall–Kier alpha value is -2.23. The summed E-state index contributed by atoms with van der Waals surface area (Å²) in [4.78, 5) is 29.9. The minimum Gasteiger partial charge on any atom is -0.458 e. The van der Waals surface area contributed by atoms with Crippen LogP contribution in [-0.4, -0.2) is 22.8 Å². The predicted molar refractivity (Wildman–Crippen MR) is 126 cm³/mol. The first kappa shape index (κ1) is 25.0. The van der Waals surface area contributed by atoms with Crippen molar-refractivity contribution in [3.8, 4) is 0 Å². The van der Waals surface area contributed by atoms with Crippen LogP contribution in [0.5, 0.6) is 0 Å². The van der Waals surface area contributed by atoms with Gasteiger partial charge in [-0.15, -0.1) is 0 Å². The molecule has 2 heterocycles. The molecule has 0 fully saturated rings. The van der Waals surface area contributed by atoms with Gasteiger partial charge < -0.3 is 4.74 Å². The molecule has 2 rings (SSSR count). The maximum Gasteiger partial charge on any atom is 0.306 e. The molecule has 31 heavy (non-hydrogen) atoms. The number of cyclic esters (lactones) is 1. The molecule has 0 saturated carbocycles. The minimum absolute atomic E-state index is 0.0135. The molecule has 1 aromatic rings. The van der Waals surface area contributed by atoms with Gasteiger partial charge >= 0.3 is 5.97 Å². The van der Waals surface area contributed by atoms with Crippen LogP contribution in [0.1, 0.15) is 85.3 Å². The fourth-order valence-electron chi connectivity index (χ4n) is 4.26. The number of carbonyl (C=O) groups excluding carboxylic acids is 2. The zero-order valence-corrected chi connectivity index (χ0v) is 19.9. The molecule has 0 amide bonds. The van der Waals surface area contributed by atoms with Gasteiger partial charge in [-0.05, 0) is 62.8 Å². The van der Waals surface area contributed by atoms with Crippen LogP contribution < -0.4 is 0 Å². The molecule has 3 atom stereocenters. The fourth-order valence-corrected chi connectivity index (χ4v) is 4.26. The molecular formula is C27H39NO3. The zero-order valence-electron chi connectivity index (χ0n) is 19.9. The number of pyridine rings is 1. The molecule has 1 aliphatic rings. The molecule has 0 aromatic carbocycles. The molecule has 0 radical (unpaired) electrons. The maximum absolute atomic E-state index is 13.0. The van der Waals surface area contributed by atoms with Crippen LogP contribution in [-0.2, 0) is 14.3 Å². The topological polar surface area (TPSA) is 56.3 Å². The zero-order chi connectivity index (χ0) is 22.9. The van der Waals surface area contributed by atoms with Crippen LogP contribution in [0.2, 0.25) is 0 Å². The molecule has 0 saturated heterocycles. The van der Waals surface area contributed by atoms with Crippen molar-refractivity contribution in [1.82, 2.24) is 4.98 Å². The number of aromatic nitrogens is 1. The Kier molecular flexibility index (Phi) is 9.67. The Balaban J connectivity index is 2.17. The van der Waals surface area contributed by atoms with E-state index >= 15 is 0 Å². The van der Waals surface area contributed by atoms with Crippen molar-refractivity contribution >= 4 is 17.8 Å². The van der Waals surface area contributed by atoms with Crippen LogP contribution in [0.3, 0.4) is 0 Å². The molecule has 0 spiro atoms. The van der Waals surface area contributed by atoms with Crippen molar-refractivity contribution in [3.63, 3.8) is 0 Å². The first-order chi connectivity index (χ1) is 14.7. The Morgan fingerprint density at radius 1 is 1.16 bits per heavy atom. The minimum atomic E-state index is -0.523. The Morgan fingerprint density at radius 3 is 2.65 bits per heavy atom. The van der Waals surface area contributed by atoms with Gasteiger partial charge in [0.25, 0.3) is 0 Å². The van der Waals surface area contributed by atoms with Gasteiger partial charge in [-0.3, -0.25) is 14.6 Å². The highest BCUT2D eigenvalue weighted by Crippen LogP contribution is 2.31. The third kappa shape index (κ3) is 8.80. The second-order valence-corrected chi connectivity index (χ2v) is 9.81. The number of Topliss-reactive ketones (excluding diaryl/α,β-unsaturated/α-hetero) is 1. The molecule has 170 valence electrons. The molecular weight excluding hydrogens is 386 g/mol. The lowest BCUT2D eigenvalue weighted by atomic mass is 9.75. The van der Waals surface area contributed by atoms with E-state index in [2.05, 4.69) is 24.9 Å². The van der Waals surface area contributed by atoms with E-state index in [-0.39, 0.29) is 30.2 Å². The Morgan fingerprint density at radius 2 is 1.94 bits per heavy atom. The molecule has 0 aliphatic carbocycles. The summed E-state index contributed by atoms with van der Waals surface area (Å²) >= 11 is 0. The van der Waals surface area contributed by atoms with Gasteiger partial charge in [-0.2, -0.15) is 0 Å². The van der Waals surface area contributed by atoms with E-state index in [1.807, 2.05) is 51.1 Å². The van der Waals surface area contributed by atoms with Gasteiger partial charge in [0.15, 0.2) is 0 Å². The van der Waals surface area contributed by atoms with Crippen LogP contribution in [0, 0.1) is 17.3 Å². The van der Waals surface area contributed by atoms with E-state index < -0.39 is 5.41 Å². The van der Waals surface area contributed by atoms with Crippen LogP contribution in [0.4, 0.5) is 0 Å². The largest absolute Gasteiger partial charge is 0.458 e. The number of ketones is 1. The van der Waals surface area contributed by atoms with E-state index in [0.29, 0.717) is 18.8 Å². The van der Waals surface area contributed by atoms with Gasteiger partial charge in [0, 0.05) is 30.4 Å². The number of hydrogen-bond acceptors (Lipinski definition) is 4. The van der Waals surface area contributed by atoms with Crippen molar-refractivity contribution in [2.24, 2.45) is 17.3 Å². The standard InChI is InChI=1S/C27H39NO3/c1-20-9-8-10-21(2)19-22(3)26(30)27(4,5)17-16-25(29)31-24(14-12-20)15-13-23-11-6-7-18-28-23/h6-7,11-13,15,18,21-22,24H,8-10,14,16-17,19H2,1-5H3. The molecule has 4 nitrogen and oxygen atoms in total. The molecule has 3 unspecified atom stereocenters. The van der Waals surface area contributed by atoms with Crippen molar-refractivity contribution in [2.75, 3.05) is 0 Å². The van der Waals surface area contributed by atoms with Gasteiger partial charge in [0.05, 0.1) is 5.69 Å². The van der Waals surface area contributed by atoms with Crippen LogP contribution in [0.15, 0.2) is 42.1 Å². The van der Waals surface area contributed by atoms with Gasteiger partial charge in [-0.1, -0.05) is 51.8 Å². The molecule has 1 aromatic heterocycles. The van der Waals surface area contributed by atoms with E-state index in [0.717, 1.165) is 31.4 Å². The number of carbonyl (C=O) groups is 2. The lowest BCUT2D eigenvalue weighted by molar-refractivity contribution is -0.147. The summed E-state index contributed by atoms with van der Waals surface area (Å²) in [5, 5.41) is 0. The van der Waals surface area contributed by atoms with Gasteiger partial charge in [0.2, 0.25) is 0 Å². The molecule has 1 aliphatic heterocycles. The quantitative estimate of drug-likeness (QED) is 0.397. The highest BCUT2D eigenvalue weighted by Gasteiger charge is 2.32. The monoisotopic (exact) mass is 425 g/mol. The third-order valence-electron chi connectivity index (χ3n) is 6.24. The van der Waals surface area contributed by atoms with E-state index in [4.69, 9.17) is 4.74 Å². The van der Waals surface area contributed by atoms with E-state index in [1.54, 1.807) is 6.20 Å². The first-order valence-electron chi connectivity index (χ1n) is 11.7. The van der Waals surface area contributed by atoms with Crippen molar-refractivity contribution in [1.29, 1.82) is 0 Å². The summed E-state index contributed by atoms with van der Waals surface area (Å²) in [7, 11) is 0. The van der Waals surface area contributed by atoms with E-state index in [9.17, 15) is 9.59 Å². The second kappa shape index (κ2) is 12.0. The number of hydrogen-bond donors (Lipinski definition) is 0.